The number of aryl methyl sites for hydroxylation is 1. The molecule has 0 aliphatic carbocycles. The molecule has 0 radical (unpaired) electrons. The molecule has 0 aliphatic rings. The molecule has 2 aromatic heterocycles. The van der Waals surface area contributed by atoms with E-state index in [1.165, 1.54) is 10.6 Å². The number of amides is 1. The molecule has 2 heterocycles. The van der Waals surface area contributed by atoms with Crippen molar-refractivity contribution in [3.05, 3.63) is 69.7 Å². The number of carbonyl (C=O) groups is 1. The zero-order valence-electron chi connectivity index (χ0n) is 17.4. The SMILES string of the molecule is Cc1c(Cl)cccc1Oc1ccn(C(CC(C)C)C(=O)Nc2ccn(C)n2)c(=O)c1. The predicted molar refractivity (Wildman–Crippen MR) is 117 cm³/mol. The summed E-state index contributed by atoms with van der Waals surface area (Å²) in [5, 5.41) is 7.54. The first-order chi connectivity index (χ1) is 14.2. The normalized spacial score (nSPS) is 12.1. The Balaban J connectivity index is 1.86. The molecule has 0 fully saturated rings. The Bertz CT molecular complexity index is 1100. The highest BCUT2D eigenvalue weighted by Gasteiger charge is 2.23. The summed E-state index contributed by atoms with van der Waals surface area (Å²) in [5.41, 5.74) is 0.463. The summed E-state index contributed by atoms with van der Waals surface area (Å²) in [6.45, 7) is 5.86. The largest absolute Gasteiger partial charge is 0.457 e. The van der Waals surface area contributed by atoms with Gasteiger partial charge in [0.15, 0.2) is 5.82 Å². The van der Waals surface area contributed by atoms with Crippen LogP contribution in [-0.2, 0) is 11.8 Å². The van der Waals surface area contributed by atoms with Gasteiger partial charge in [-0.25, -0.2) is 0 Å². The number of pyridine rings is 1. The Morgan fingerprint density at radius 1 is 1.23 bits per heavy atom. The number of aromatic nitrogens is 3. The molecule has 0 spiro atoms. The van der Waals surface area contributed by atoms with Crippen LogP contribution < -0.4 is 15.6 Å². The van der Waals surface area contributed by atoms with E-state index < -0.39 is 6.04 Å². The Morgan fingerprint density at radius 2 is 2.00 bits per heavy atom. The van der Waals surface area contributed by atoms with Crippen molar-refractivity contribution in [2.75, 3.05) is 5.32 Å². The topological polar surface area (TPSA) is 78.2 Å². The number of hydrogen-bond donors (Lipinski definition) is 1. The molecule has 0 saturated carbocycles. The van der Waals surface area contributed by atoms with Crippen molar-refractivity contribution in [1.82, 2.24) is 14.3 Å². The fourth-order valence-corrected chi connectivity index (χ4v) is 3.27. The number of benzene rings is 1. The fraction of sp³-hybridized carbons (Fsp3) is 0.318. The molecule has 3 rings (SSSR count). The molecule has 0 saturated heterocycles. The minimum Gasteiger partial charge on any atom is -0.457 e. The van der Waals surface area contributed by atoms with Gasteiger partial charge in [-0.15, -0.1) is 0 Å². The first-order valence-electron chi connectivity index (χ1n) is 9.70. The maximum absolute atomic E-state index is 12.9. The van der Waals surface area contributed by atoms with Gasteiger partial charge in [0.2, 0.25) is 5.91 Å². The predicted octanol–water partition coefficient (Wildman–Crippen LogP) is 4.56. The summed E-state index contributed by atoms with van der Waals surface area (Å²) in [5.74, 6) is 1.33. The molecule has 3 aromatic rings. The standard InChI is InChI=1S/C22H25ClN4O3/c1-14(2)12-18(22(29)24-20-9-10-26(4)25-20)27-11-8-16(13-21(27)28)30-19-7-5-6-17(23)15(19)3/h5-11,13-14,18H,12H2,1-4H3,(H,24,25,29). The van der Waals surface area contributed by atoms with Crippen molar-refractivity contribution in [3.63, 3.8) is 0 Å². The molecular formula is C22H25ClN4O3. The third-order valence-corrected chi connectivity index (χ3v) is 5.07. The van der Waals surface area contributed by atoms with Crippen LogP contribution in [0.25, 0.3) is 0 Å². The van der Waals surface area contributed by atoms with Gasteiger partial charge in [0.1, 0.15) is 17.5 Å². The van der Waals surface area contributed by atoms with Crippen molar-refractivity contribution in [2.45, 2.75) is 33.2 Å². The Labute approximate surface area is 180 Å². The van der Waals surface area contributed by atoms with E-state index in [-0.39, 0.29) is 17.4 Å². The fourth-order valence-electron chi connectivity index (χ4n) is 3.10. The number of anilines is 1. The maximum atomic E-state index is 12.9. The van der Waals surface area contributed by atoms with Crippen LogP contribution in [0.5, 0.6) is 11.5 Å². The van der Waals surface area contributed by atoms with E-state index in [1.807, 2.05) is 20.8 Å². The van der Waals surface area contributed by atoms with Crippen LogP contribution in [0.1, 0.15) is 31.9 Å². The molecule has 0 bridgehead atoms. The molecular weight excluding hydrogens is 404 g/mol. The lowest BCUT2D eigenvalue weighted by Crippen LogP contribution is -2.33. The Kier molecular flexibility index (Phi) is 6.62. The lowest BCUT2D eigenvalue weighted by molar-refractivity contribution is -0.119. The number of nitrogens with zero attached hydrogens (tertiary/aromatic N) is 3. The molecule has 8 heteroatoms. The average molecular weight is 429 g/mol. The molecule has 0 aliphatic heterocycles. The van der Waals surface area contributed by atoms with Gasteiger partial charge in [-0.2, -0.15) is 5.10 Å². The van der Waals surface area contributed by atoms with E-state index in [0.29, 0.717) is 28.8 Å². The van der Waals surface area contributed by atoms with Gasteiger partial charge in [0.05, 0.1) is 0 Å². The van der Waals surface area contributed by atoms with Crippen LogP contribution in [0.3, 0.4) is 0 Å². The van der Waals surface area contributed by atoms with Crippen LogP contribution in [0.15, 0.2) is 53.6 Å². The number of ether oxygens (including phenoxy) is 1. The summed E-state index contributed by atoms with van der Waals surface area (Å²) < 4.78 is 8.86. The highest BCUT2D eigenvalue weighted by atomic mass is 35.5. The summed E-state index contributed by atoms with van der Waals surface area (Å²) in [4.78, 5) is 25.7. The molecule has 1 atom stereocenters. The average Bonchev–Trinajstić information content (AvgIpc) is 3.08. The van der Waals surface area contributed by atoms with Crippen LogP contribution in [-0.4, -0.2) is 20.3 Å². The van der Waals surface area contributed by atoms with E-state index in [1.54, 1.807) is 54.5 Å². The third-order valence-electron chi connectivity index (χ3n) is 4.66. The van der Waals surface area contributed by atoms with Gasteiger partial charge in [-0.3, -0.25) is 14.3 Å². The van der Waals surface area contributed by atoms with Crippen LogP contribution in [0.4, 0.5) is 5.82 Å². The number of carbonyl (C=O) groups excluding carboxylic acids is 1. The van der Waals surface area contributed by atoms with E-state index in [2.05, 4.69) is 10.4 Å². The van der Waals surface area contributed by atoms with Crippen molar-refractivity contribution in [1.29, 1.82) is 0 Å². The molecule has 30 heavy (non-hydrogen) atoms. The van der Waals surface area contributed by atoms with Crippen molar-refractivity contribution in [2.24, 2.45) is 13.0 Å². The van der Waals surface area contributed by atoms with E-state index in [9.17, 15) is 9.59 Å². The monoisotopic (exact) mass is 428 g/mol. The van der Waals surface area contributed by atoms with Gasteiger partial charge in [0.25, 0.3) is 5.56 Å². The molecule has 1 N–H and O–H groups in total. The van der Waals surface area contributed by atoms with Crippen molar-refractivity contribution < 1.29 is 9.53 Å². The van der Waals surface area contributed by atoms with Gasteiger partial charge in [0, 0.05) is 42.2 Å². The minimum atomic E-state index is -0.665. The first kappa shape index (κ1) is 21.6. The minimum absolute atomic E-state index is 0.210. The van der Waals surface area contributed by atoms with Gasteiger partial charge in [-0.1, -0.05) is 31.5 Å². The quantitative estimate of drug-likeness (QED) is 0.598. The summed E-state index contributed by atoms with van der Waals surface area (Å²) in [6.07, 6.45) is 3.83. The lowest BCUT2D eigenvalue weighted by Gasteiger charge is -2.21. The lowest BCUT2D eigenvalue weighted by atomic mass is 10.0. The molecule has 7 nitrogen and oxygen atoms in total. The summed E-state index contributed by atoms with van der Waals surface area (Å²) in [6, 6.07) is 9.43. The molecule has 1 unspecified atom stereocenters. The second-order valence-electron chi connectivity index (χ2n) is 7.58. The van der Waals surface area contributed by atoms with Crippen LogP contribution >= 0.6 is 11.6 Å². The maximum Gasteiger partial charge on any atom is 0.254 e. The number of nitrogens with one attached hydrogen (secondary N) is 1. The second-order valence-corrected chi connectivity index (χ2v) is 7.99. The number of hydrogen-bond acceptors (Lipinski definition) is 4. The summed E-state index contributed by atoms with van der Waals surface area (Å²) in [7, 11) is 1.77. The van der Waals surface area contributed by atoms with Gasteiger partial charge < -0.3 is 14.6 Å². The summed E-state index contributed by atoms with van der Waals surface area (Å²) >= 11 is 6.13. The zero-order valence-corrected chi connectivity index (χ0v) is 18.2. The number of rotatable bonds is 7. The Morgan fingerprint density at radius 3 is 2.63 bits per heavy atom. The molecule has 158 valence electrons. The van der Waals surface area contributed by atoms with Gasteiger partial charge >= 0.3 is 0 Å². The first-order valence-corrected chi connectivity index (χ1v) is 10.1. The Hall–Kier alpha value is -3.06. The zero-order chi connectivity index (χ0) is 21.8. The van der Waals surface area contributed by atoms with Crippen molar-refractivity contribution in [3.8, 4) is 11.5 Å². The van der Waals surface area contributed by atoms with Crippen LogP contribution in [0.2, 0.25) is 5.02 Å². The van der Waals surface area contributed by atoms with Gasteiger partial charge in [-0.05, 0) is 37.5 Å². The highest BCUT2D eigenvalue weighted by Crippen LogP contribution is 2.29. The third kappa shape index (κ3) is 5.10. The van der Waals surface area contributed by atoms with E-state index in [0.717, 1.165) is 5.56 Å². The van der Waals surface area contributed by atoms with Crippen molar-refractivity contribution >= 4 is 23.3 Å². The van der Waals surface area contributed by atoms with Crippen LogP contribution in [0, 0.1) is 12.8 Å². The van der Waals surface area contributed by atoms with E-state index >= 15 is 0 Å². The second kappa shape index (κ2) is 9.17. The highest BCUT2D eigenvalue weighted by molar-refractivity contribution is 6.31. The van der Waals surface area contributed by atoms with E-state index in [4.69, 9.17) is 16.3 Å². The number of halogens is 1. The molecule has 1 aromatic carbocycles. The molecule has 1 amide bonds. The smallest absolute Gasteiger partial charge is 0.254 e.